The van der Waals surface area contributed by atoms with Gasteiger partial charge in [-0.3, -0.25) is 0 Å². The van der Waals surface area contributed by atoms with Gasteiger partial charge in [-0.1, -0.05) is 146 Å². The first-order valence-corrected chi connectivity index (χ1v) is 17.6. The monoisotopic (exact) mass is 664 g/mol. The number of hydrogen-bond donors (Lipinski definition) is 0. The summed E-state index contributed by atoms with van der Waals surface area (Å²) in [5.74, 6) is 0. The molecule has 10 aromatic rings. The van der Waals surface area contributed by atoms with Crippen molar-refractivity contribution in [3.8, 4) is 44.8 Å². The summed E-state index contributed by atoms with van der Waals surface area (Å²) in [6, 6.07) is 64.1. The third-order valence-electron chi connectivity index (χ3n) is 10.1. The first kappa shape index (κ1) is 29.9. The van der Waals surface area contributed by atoms with E-state index < -0.39 is 0 Å². The third-order valence-corrected chi connectivity index (χ3v) is 10.1. The van der Waals surface area contributed by atoms with Crippen LogP contribution in [-0.2, 0) is 0 Å². The number of hydrogen-bond acceptors (Lipinski definition) is 2. The summed E-state index contributed by atoms with van der Waals surface area (Å²) >= 11 is 0. The average Bonchev–Trinajstić information content (AvgIpc) is 3.76. The lowest BCUT2D eigenvalue weighted by Crippen LogP contribution is -1.91. The molecule has 3 heteroatoms. The Labute approximate surface area is 301 Å². The molecule has 0 bridgehead atoms. The van der Waals surface area contributed by atoms with Gasteiger partial charge < -0.3 is 8.98 Å². The molecule has 3 nitrogen and oxygen atoms in total. The van der Waals surface area contributed by atoms with Gasteiger partial charge in [-0.05, 0) is 64.7 Å². The molecule has 0 amide bonds. The Balaban J connectivity index is 1.02. The van der Waals surface area contributed by atoms with E-state index in [4.69, 9.17) is 9.40 Å². The number of nitrogens with zero attached hydrogens (tertiary/aromatic N) is 2. The molecule has 3 aromatic heterocycles. The molecule has 3 heterocycles. The van der Waals surface area contributed by atoms with Crippen LogP contribution in [0.3, 0.4) is 0 Å². The number of rotatable bonds is 6. The fourth-order valence-corrected chi connectivity index (χ4v) is 7.46. The molecular weight excluding hydrogens is 633 g/mol. The first-order chi connectivity index (χ1) is 25.8. The maximum atomic E-state index is 6.32. The van der Waals surface area contributed by atoms with Crippen molar-refractivity contribution in [2.45, 2.75) is 0 Å². The lowest BCUT2D eigenvalue weighted by Gasteiger charge is -2.11. The quantitative estimate of drug-likeness (QED) is 0.177. The van der Waals surface area contributed by atoms with Gasteiger partial charge in [0.05, 0.1) is 22.4 Å². The molecule has 0 aliphatic carbocycles. The van der Waals surface area contributed by atoms with Crippen LogP contribution in [0.1, 0.15) is 5.56 Å². The minimum absolute atomic E-state index is 0.907. The maximum absolute atomic E-state index is 6.32. The van der Waals surface area contributed by atoms with Gasteiger partial charge in [0.2, 0.25) is 0 Å². The van der Waals surface area contributed by atoms with Crippen molar-refractivity contribution in [1.29, 1.82) is 0 Å². The zero-order chi connectivity index (χ0) is 34.4. The minimum atomic E-state index is 0.907. The smallest absolute Gasteiger partial charge is 0.142 e. The van der Waals surface area contributed by atoms with Crippen LogP contribution in [-0.4, -0.2) is 9.55 Å². The van der Waals surface area contributed by atoms with Crippen LogP contribution in [0.2, 0.25) is 0 Å². The lowest BCUT2D eigenvalue weighted by atomic mass is 9.98. The molecule has 0 spiro atoms. The highest BCUT2D eigenvalue weighted by Gasteiger charge is 2.13. The normalized spacial score (nSPS) is 11.8. The number of benzene rings is 7. The zero-order valence-electron chi connectivity index (χ0n) is 28.3. The second-order valence-corrected chi connectivity index (χ2v) is 13.2. The van der Waals surface area contributed by atoms with Gasteiger partial charge in [0, 0.05) is 44.4 Å². The predicted molar refractivity (Wildman–Crippen MR) is 218 cm³/mol. The highest BCUT2D eigenvalue weighted by atomic mass is 16.3. The molecule has 0 atom stereocenters. The van der Waals surface area contributed by atoms with E-state index in [1.165, 1.54) is 21.9 Å². The van der Waals surface area contributed by atoms with Gasteiger partial charge in [-0.2, -0.15) is 0 Å². The summed E-state index contributed by atoms with van der Waals surface area (Å²) < 4.78 is 8.60. The molecule has 10 rings (SSSR count). The molecular formula is C49H32N2O. The highest BCUT2D eigenvalue weighted by molar-refractivity contribution is 6.11. The Kier molecular flexibility index (Phi) is 7.14. The van der Waals surface area contributed by atoms with Crippen LogP contribution in [0.25, 0.3) is 101 Å². The van der Waals surface area contributed by atoms with Crippen LogP contribution >= 0.6 is 0 Å². The van der Waals surface area contributed by atoms with Crippen molar-refractivity contribution in [3.05, 3.63) is 188 Å². The van der Waals surface area contributed by atoms with E-state index >= 15 is 0 Å². The predicted octanol–water partition coefficient (Wildman–Crippen LogP) is 13.4. The number of aromatic nitrogens is 2. The zero-order valence-corrected chi connectivity index (χ0v) is 28.3. The van der Waals surface area contributed by atoms with E-state index in [0.717, 1.165) is 72.2 Å². The molecule has 0 saturated heterocycles. The van der Waals surface area contributed by atoms with E-state index in [1.807, 2.05) is 18.2 Å². The molecule has 52 heavy (non-hydrogen) atoms. The van der Waals surface area contributed by atoms with Gasteiger partial charge >= 0.3 is 0 Å². The second kappa shape index (κ2) is 12.4. The van der Waals surface area contributed by atoms with Gasteiger partial charge in [-0.15, -0.1) is 0 Å². The summed E-state index contributed by atoms with van der Waals surface area (Å²) in [6.45, 7) is 0. The summed E-state index contributed by atoms with van der Waals surface area (Å²) in [4.78, 5) is 5.13. The van der Waals surface area contributed by atoms with Gasteiger partial charge in [0.1, 0.15) is 11.2 Å². The van der Waals surface area contributed by atoms with Crippen LogP contribution in [0.5, 0.6) is 0 Å². The minimum Gasteiger partial charge on any atom is -0.455 e. The van der Waals surface area contributed by atoms with Crippen molar-refractivity contribution >= 4 is 56.0 Å². The SMILES string of the molecule is C(=C\n1c2ccccc2c2cc(-c3ccc(-c4cc(-c5ccccc5)cc(-c5ccccc5)n4)cc3)ccc21)/c1cccc2c1oc1ccccc12. The van der Waals surface area contributed by atoms with Crippen molar-refractivity contribution in [1.82, 2.24) is 9.55 Å². The van der Waals surface area contributed by atoms with E-state index in [9.17, 15) is 0 Å². The Morgan fingerprint density at radius 1 is 0.404 bits per heavy atom. The Morgan fingerprint density at radius 3 is 1.77 bits per heavy atom. The van der Waals surface area contributed by atoms with Crippen LogP contribution in [0, 0.1) is 0 Å². The van der Waals surface area contributed by atoms with E-state index in [1.54, 1.807) is 0 Å². The lowest BCUT2D eigenvalue weighted by molar-refractivity contribution is 0.668. The summed E-state index contributed by atoms with van der Waals surface area (Å²) in [7, 11) is 0. The summed E-state index contributed by atoms with van der Waals surface area (Å²) in [5, 5.41) is 4.71. The van der Waals surface area contributed by atoms with Crippen LogP contribution < -0.4 is 0 Å². The first-order valence-electron chi connectivity index (χ1n) is 17.6. The number of para-hydroxylation sites is 3. The topological polar surface area (TPSA) is 31.0 Å². The molecule has 244 valence electrons. The largest absolute Gasteiger partial charge is 0.455 e. The summed E-state index contributed by atoms with van der Waals surface area (Å²) in [6.07, 6.45) is 4.33. The fourth-order valence-electron chi connectivity index (χ4n) is 7.46. The Morgan fingerprint density at radius 2 is 0.981 bits per heavy atom. The Bertz CT molecular complexity index is 2870. The maximum Gasteiger partial charge on any atom is 0.142 e. The van der Waals surface area contributed by atoms with Crippen molar-refractivity contribution < 1.29 is 4.42 Å². The molecule has 0 aliphatic heterocycles. The van der Waals surface area contributed by atoms with Crippen molar-refractivity contribution in [2.24, 2.45) is 0 Å². The van der Waals surface area contributed by atoms with E-state index in [0.29, 0.717) is 0 Å². The van der Waals surface area contributed by atoms with E-state index in [2.05, 4.69) is 181 Å². The Hall–Kier alpha value is -6.97. The van der Waals surface area contributed by atoms with E-state index in [-0.39, 0.29) is 0 Å². The number of pyridine rings is 1. The molecule has 0 fully saturated rings. The number of fused-ring (bicyclic) bond motifs is 6. The molecule has 0 saturated carbocycles. The standard InChI is InChI=1S/C49H32N2O/c1-3-12-33(13-4-1)39-31-44(35-14-5-2-6-15-35)50-45(32-39)36-24-22-34(23-25-36)38-26-27-47-43(30-38)40-17-7-9-20-46(40)51(47)29-28-37-16-11-19-42-41-18-8-10-21-48(41)52-49(37)42/h1-32H/b29-28+. The highest BCUT2D eigenvalue weighted by Crippen LogP contribution is 2.36. The van der Waals surface area contributed by atoms with Gasteiger partial charge in [-0.25, -0.2) is 4.98 Å². The van der Waals surface area contributed by atoms with Crippen molar-refractivity contribution in [3.63, 3.8) is 0 Å². The molecule has 7 aromatic carbocycles. The number of furan rings is 1. The van der Waals surface area contributed by atoms with Crippen LogP contribution in [0.15, 0.2) is 186 Å². The molecule has 0 unspecified atom stereocenters. The third kappa shape index (κ3) is 5.19. The fraction of sp³-hybridized carbons (Fsp3) is 0. The summed E-state index contributed by atoms with van der Waals surface area (Å²) in [5.41, 5.74) is 14.0. The molecule has 0 aliphatic rings. The molecule has 0 N–H and O–H groups in total. The van der Waals surface area contributed by atoms with Gasteiger partial charge in [0.25, 0.3) is 0 Å². The van der Waals surface area contributed by atoms with Crippen LogP contribution in [0.4, 0.5) is 0 Å². The second-order valence-electron chi connectivity index (χ2n) is 13.2. The van der Waals surface area contributed by atoms with Crippen molar-refractivity contribution in [2.75, 3.05) is 0 Å². The molecule has 0 radical (unpaired) electrons. The van der Waals surface area contributed by atoms with Gasteiger partial charge in [0.15, 0.2) is 0 Å². The average molecular weight is 665 g/mol.